The smallest absolute Gasteiger partial charge is 0.267 e. The molecule has 0 spiro atoms. The predicted molar refractivity (Wildman–Crippen MR) is 79.1 cm³/mol. The third kappa shape index (κ3) is 4.30. The Labute approximate surface area is 123 Å². The Kier molecular flexibility index (Phi) is 4.92. The monoisotopic (exact) mass is 289 g/mol. The number of carbonyl (C=O) groups excluding carboxylic acids is 2. The number of hydrazone groups is 1. The van der Waals surface area contributed by atoms with E-state index in [0.29, 0.717) is 31.7 Å². The fraction of sp³-hybridized carbons (Fsp3) is 0.400. The van der Waals surface area contributed by atoms with E-state index in [0.717, 1.165) is 5.75 Å². The van der Waals surface area contributed by atoms with Crippen LogP contribution in [0.3, 0.4) is 0 Å². The molecule has 6 heteroatoms. The third-order valence-corrected chi connectivity index (χ3v) is 3.15. The van der Waals surface area contributed by atoms with E-state index < -0.39 is 0 Å². The van der Waals surface area contributed by atoms with Crippen molar-refractivity contribution >= 4 is 17.5 Å². The number of rotatable bonds is 5. The van der Waals surface area contributed by atoms with Crippen molar-refractivity contribution in [2.75, 3.05) is 20.2 Å². The van der Waals surface area contributed by atoms with Crippen LogP contribution in [0.15, 0.2) is 29.4 Å². The van der Waals surface area contributed by atoms with E-state index in [4.69, 9.17) is 4.74 Å². The zero-order valence-corrected chi connectivity index (χ0v) is 12.3. The number of nitrogens with zero attached hydrogens (tertiary/aromatic N) is 2. The molecule has 0 aliphatic carbocycles. The minimum absolute atomic E-state index is 0.0748. The zero-order valence-electron chi connectivity index (χ0n) is 12.3. The van der Waals surface area contributed by atoms with Gasteiger partial charge < -0.3 is 10.1 Å². The van der Waals surface area contributed by atoms with Gasteiger partial charge in [0.25, 0.3) is 5.91 Å². The van der Waals surface area contributed by atoms with Crippen LogP contribution in [0.4, 0.5) is 0 Å². The predicted octanol–water partition coefficient (Wildman–Crippen LogP) is 1.10. The van der Waals surface area contributed by atoms with Crippen LogP contribution in [-0.4, -0.2) is 42.7 Å². The van der Waals surface area contributed by atoms with Crippen LogP contribution >= 0.6 is 0 Å². The first-order valence-corrected chi connectivity index (χ1v) is 6.88. The molecular weight excluding hydrogens is 270 g/mol. The van der Waals surface area contributed by atoms with Gasteiger partial charge >= 0.3 is 0 Å². The van der Waals surface area contributed by atoms with Crippen molar-refractivity contribution in [1.82, 2.24) is 10.3 Å². The first-order chi connectivity index (χ1) is 10.1. The molecule has 0 saturated heterocycles. The number of nitrogens with one attached hydrogen (secondary N) is 1. The van der Waals surface area contributed by atoms with Gasteiger partial charge in [-0.15, -0.1) is 0 Å². The van der Waals surface area contributed by atoms with E-state index in [1.54, 1.807) is 7.05 Å². The topological polar surface area (TPSA) is 71.0 Å². The maximum Gasteiger partial charge on any atom is 0.267 e. The highest BCUT2D eigenvalue weighted by Gasteiger charge is 2.21. The Morgan fingerprint density at radius 1 is 1.33 bits per heavy atom. The van der Waals surface area contributed by atoms with E-state index in [1.165, 1.54) is 10.6 Å². The maximum atomic E-state index is 11.9. The van der Waals surface area contributed by atoms with Gasteiger partial charge in [-0.1, -0.05) is 17.7 Å². The van der Waals surface area contributed by atoms with Crippen molar-refractivity contribution in [2.45, 2.75) is 19.8 Å². The second kappa shape index (κ2) is 6.88. The number of carbonyl (C=O) groups is 2. The molecule has 0 unspecified atom stereocenters. The molecule has 1 aliphatic rings. The lowest BCUT2D eigenvalue weighted by Crippen LogP contribution is -2.39. The SMILES string of the molecule is Cc1ccc(OCCNC(=O)C2=NN(C)C(=O)CC2)cc1. The minimum atomic E-state index is -0.248. The van der Waals surface area contributed by atoms with Crippen LogP contribution in [0.5, 0.6) is 5.75 Å². The summed E-state index contributed by atoms with van der Waals surface area (Å²) in [4.78, 5) is 23.1. The molecule has 1 aromatic rings. The number of ether oxygens (including phenoxy) is 1. The van der Waals surface area contributed by atoms with Gasteiger partial charge in [0.2, 0.25) is 5.91 Å². The Morgan fingerprint density at radius 3 is 2.71 bits per heavy atom. The average Bonchev–Trinajstić information content (AvgIpc) is 2.48. The molecule has 0 bridgehead atoms. The van der Waals surface area contributed by atoms with E-state index in [9.17, 15) is 9.59 Å². The molecule has 0 aromatic heterocycles. The molecule has 1 aromatic carbocycles. The van der Waals surface area contributed by atoms with E-state index in [1.807, 2.05) is 31.2 Å². The number of amides is 2. The lowest BCUT2D eigenvalue weighted by Gasteiger charge is -2.18. The average molecular weight is 289 g/mol. The molecule has 112 valence electrons. The summed E-state index contributed by atoms with van der Waals surface area (Å²) < 4.78 is 5.52. The quantitative estimate of drug-likeness (QED) is 0.825. The number of hydrogen-bond donors (Lipinski definition) is 1. The van der Waals surface area contributed by atoms with Crippen LogP contribution in [0.2, 0.25) is 0 Å². The number of aryl methyl sites for hydroxylation is 1. The highest BCUT2D eigenvalue weighted by molar-refractivity contribution is 6.39. The highest BCUT2D eigenvalue weighted by atomic mass is 16.5. The summed E-state index contributed by atoms with van der Waals surface area (Å²) in [6.07, 6.45) is 0.705. The van der Waals surface area contributed by atoms with Gasteiger partial charge in [0.1, 0.15) is 18.1 Å². The lowest BCUT2D eigenvalue weighted by atomic mass is 10.1. The van der Waals surface area contributed by atoms with Gasteiger partial charge in [-0.2, -0.15) is 5.10 Å². The largest absolute Gasteiger partial charge is 0.492 e. The van der Waals surface area contributed by atoms with Gasteiger partial charge in [0.05, 0.1) is 6.54 Å². The first-order valence-electron chi connectivity index (χ1n) is 6.88. The standard InChI is InChI=1S/C15H19N3O3/c1-11-3-5-12(6-4-11)21-10-9-16-15(20)13-7-8-14(19)18(2)17-13/h3-6H,7-10H2,1-2H3,(H,16,20). The molecule has 0 radical (unpaired) electrons. The molecule has 0 fully saturated rings. The van der Waals surface area contributed by atoms with Crippen molar-refractivity contribution in [3.8, 4) is 5.75 Å². The second-order valence-electron chi connectivity index (χ2n) is 4.88. The van der Waals surface area contributed by atoms with Crippen molar-refractivity contribution in [1.29, 1.82) is 0 Å². The minimum Gasteiger partial charge on any atom is -0.492 e. The van der Waals surface area contributed by atoms with E-state index in [2.05, 4.69) is 10.4 Å². The van der Waals surface area contributed by atoms with Crippen LogP contribution in [0.25, 0.3) is 0 Å². The second-order valence-corrected chi connectivity index (χ2v) is 4.88. The van der Waals surface area contributed by atoms with Crippen LogP contribution in [0.1, 0.15) is 18.4 Å². The molecular formula is C15H19N3O3. The summed E-state index contributed by atoms with van der Waals surface area (Å²) in [5.74, 6) is 0.450. The Bertz CT molecular complexity index is 552. The summed E-state index contributed by atoms with van der Waals surface area (Å²) in [6, 6.07) is 7.72. The molecule has 2 amide bonds. The lowest BCUT2D eigenvalue weighted by molar-refractivity contribution is -0.130. The Balaban J connectivity index is 1.73. The molecule has 1 aliphatic heterocycles. The van der Waals surface area contributed by atoms with Crippen molar-refractivity contribution < 1.29 is 14.3 Å². The summed E-state index contributed by atoms with van der Waals surface area (Å²) in [7, 11) is 1.55. The van der Waals surface area contributed by atoms with E-state index in [-0.39, 0.29) is 11.8 Å². The Morgan fingerprint density at radius 2 is 2.05 bits per heavy atom. The summed E-state index contributed by atoms with van der Waals surface area (Å²) in [6.45, 7) is 2.79. The molecule has 1 heterocycles. The van der Waals surface area contributed by atoms with Gasteiger partial charge in [-0.05, 0) is 19.1 Å². The summed E-state index contributed by atoms with van der Waals surface area (Å²) >= 11 is 0. The van der Waals surface area contributed by atoms with Gasteiger partial charge in [0.15, 0.2) is 0 Å². The third-order valence-electron chi connectivity index (χ3n) is 3.15. The fourth-order valence-corrected chi connectivity index (χ4v) is 1.90. The molecule has 2 rings (SSSR count). The molecule has 1 N–H and O–H groups in total. The zero-order chi connectivity index (χ0) is 15.2. The Hall–Kier alpha value is -2.37. The van der Waals surface area contributed by atoms with Crippen molar-refractivity contribution in [3.05, 3.63) is 29.8 Å². The van der Waals surface area contributed by atoms with Gasteiger partial charge in [-0.25, -0.2) is 5.01 Å². The van der Waals surface area contributed by atoms with Crippen molar-refractivity contribution in [3.63, 3.8) is 0 Å². The normalized spacial score (nSPS) is 14.7. The number of hydrogen-bond acceptors (Lipinski definition) is 4. The van der Waals surface area contributed by atoms with E-state index >= 15 is 0 Å². The molecule has 0 saturated carbocycles. The molecule has 6 nitrogen and oxygen atoms in total. The van der Waals surface area contributed by atoms with Gasteiger partial charge in [-0.3, -0.25) is 9.59 Å². The first kappa shape index (κ1) is 15.0. The molecule has 0 atom stereocenters. The fourth-order valence-electron chi connectivity index (χ4n) is 1.90. The summed E-state index contributed by atoms with van der Waals surface area (Å²) in [5, 5.41) is 7.90. The van der Waals surface area contributed by atoms with Crippen LogP contribution < -0.4 is 10.1 Å². The van der Waals surface area contributed by atoms with Crippen LogP contribution in [0, 0.1) is 6.92 Å². The highest BCUT2D eigenvalue weighted by Crippen LogP contribution is 2.11. The van der Waals surface area contributed by atoms with Crippen LogP contribution in [-0.2, 0) is 9.59 Å². The summed E-state index contributed by atoms with van der Waals surface area (Å²) in [5.41, 5.74) is 1.55. The maximum absolute atomic E-state index is 11.9. The molecule has 21 heavy (non-hydrogen) atoms. The van der Waals surface area contributed by atoms with Crippen molar-refractivity contribution in [2.24, 2.45) is 5.10 Å². The van der Waals surface area contributed by atoms with Gasteiger partial charge in [0, 0.05) is 19.9 Å². The number of benzene rings is 1.